The molecule has 0 unspecified atom stereocenters. The lowest BCUT2D eigenvalue weighted by atomic mass is 9.97. The maximum absolute atomic E-state index is 12.5. The number of hydrogen-bond donors (Lipinski definition) is 3. The molecule has 2 aliphatic rings. The molecule has 146 valence electrons. The summed E-state index contributed by atoms with van der Waals surface area (Å²) in [6.07, 6.45) is 4.54. The van der Waals surface area contributed by atoms with Crippen molar-refractivity contribution >= 4 is 27.5 Å². The van der Waals surface area contributed by atoms with Crippen LogP contribution in [-0.4, -0.2) is 56.2 Å². The molecule has 0 radical (unpaired) electrons. The van der Waals surface area contributed by atoms with Crippen LogP contribution in [0.1, 0.15) is 43.5 Å². The van der Waals surface area contributed by atoms with Crippen LogP contribution in [0.3, 0.4) is 0 Å². The van der Waals surface area contributed by atoms with E-state index in [1.54, 1.807) is 4.90 Å². The van der Waals surface area contributed by atoms with Gasteiger partial charge in [-0.3, -0.25) is 4.79 Å². The van der Waals surface area contributed by atoms with Crippen molar-refractivity contribution in [1.82, 2.24) is 10.3 Å². The van der Waals surface area contributed by atoms with Gasteiger partial charge in [0.05, 0.1) is 47.9 Å². The molecule has 0 bridgehead atoms. The van der Waals surface area contributed by atoms with E-state index in [9.17, 15) is 4.79 Å². The predicted octanol–water partition coefficient (Wildman–Crippen LogP) is 0.242. The zero-order chi connectivity index (χ0) is 18.6. The predicted molar refractivity (Wildman–Crippen MR) is 110 cm³/mol. The molecule has 3 N–H and O–H groups in total. The number of nitrogens with zero attached hydrogens (tertiary/aromatic N) is 1. The largest absolute Gasteiger partial charge is 0.348 e. The molecule has 1 aromatic carbocycles. The number of piperidine rings is 2. The third-order valence-corrected chi connectivity index (χ3v) is 7.52. The van der Waals surface area contributed by atoms with Crippen LogP contribution >= 0.6 is 11.3 Å². The Balaban J connectivity index is 1.23. The van der Waals surface area contributed by atoms with Crippen molar-refractivity contribution in [3.8, 4) is 0 Å². The molecular weight excluding hydrogens is 356 g/mol. The minimum Gasteiger partial charge on any atom is -0.348 e. The number of likely N-dealkylation sites (tertiary alicyclic amines) is 2. The number of rotatable bonds is 5. The quantitative estimate of drug-likeness (QED) is 0.687. The van der Waals surface area contributed by atoms with Crippen molar-refractivity contribution in [3.05, 3.63) is 29.3 Å². The van der Waals surface area contributed by atoms with Crippen LogP contribution in [0.2, 0.25) is 0 Å². The van der Waals surface area contributed by atoms with Gasteiger partial charge in [0, 0.05) is 37.6 Å². The second-order valence-electron chi connectivity index (χ2n) is 8.17. The summed E-state index contributed by atoms with van der Waals surface area (Å²) in [6.45, 7) is 8.62. The highest BCUT2D eigenvalue weighted by Crippen LogP contribution is 2.31. The number of hydrogen-bond acceptors (Lipinski definition) is 3. The molecule has 4 rings (SSSR count). The molecule has 2 saturated heterocycles. The minimum absolute atomic E-state index is 0.244. The number of carbonyl (C=O) groups excluding carboxylic acids is 1. The van der Waals surface area contributed by atoms with E-state index in [0.29, 0.717) is 18.5 Å². The molecule has 0 atom stereocenters. The van der Waals surface area contributed by atoms with E-state index in [0.717, 1.165) is 44.3 Å². The van der Waals surface area contributed by atoms with Gasteiger partial charge in [0.1, 0.15) is 0 Å². The number of aromatic nitrogens is 1. The Labute approximate surface area is 165 Å². The summed E-state index contributed by atoms with van der Waals surface area (Å²) in [4.78, 5) is 20.4. The topological polar surface area (TPSA) is 50.9 Å². The molecule has 2 aromatic rings. The van der Waals surface area contributed by atoms with Gasteiger partial charge in [-0.15, -0.1) is 11.3 Å². The fraction of sp³-hybridized carbons (Fsp3) is 0.619. The summed E-state index contributed by atoms with van der Waals surface area (Å²) in [5.41, 5.74) is 1.13. The lowest BCUT2D eigenvalue weighted by Crippen LogP contribution is -3.14. The lowest BCUT2D eigenvalue weighted by molar-refractivity contribution is -0.903. The van der Waals surface area contributed by atoms with E-state index in [-0.39, 0.29) is 5.91 Å². The number of nitrogens with one attached hydrogen (secondary N) is 3. The number of thiazole rings is 1. The number of fused-ring (bicyclic) bond motifs is 1. The number of quaternary nitrogens is 2. The maximum atomic E-state index is 12.5. The van der Waals surface area contributed by atoms with E-state index < -0.39 is 0 Å². The first-order valence-electron chi connectivity index (χ1n) is 10.5. The fourth-order valence-electron chi connectivity index (χ4n) is 4.54. The molecule has 2 fully saturated rings. The van der Waals surface area contributed by atoms with Gasteiger partial charge >= 0.3 is 0 Å². The summed E-state index contributed by atoms with van der Waals surface area (Å²) in [6, 6.07) is 8.81. The molecule has 1 aromatic heterocycles. The summed E-state index contributed by atoms with van der Waals surface area (Å²) in [5, 5.41) is 4.57. The first kappa shape index (κ1) is 18.8. The smallest absolute Gasteiger partial charge is 0.275 e. The van der Waals surface area contributed by atoms with Crippen molar-refractivity contribution in [1.29, 1.82) is 0 Å². The Morgan fingerprint density at radius 3 is 2.52 bits per heavy atom. The molecule has 5 nitrogen and oxygen atoms in total. The number of carbonyl (C=O) groups is 1. The minimum atomic E-state index is 0.244. The molecule has 27 heavy (non-hydrogen) atoms. The van der Waals surface area contributed by atoms with Gasteiger partial charge in [0.15, 0.2) is 6.54 Å². The van der Waals surface area contributed by atoms with Crippen LogP contribution in [0.25, 0.3) is 10.2 Å². The van der Waals surface area contributed by atoms with Gasteiger partial charge in [-0.2, -0.15) is 0 Å². The summed E-state index contributed by atoms with van der Waals surface area (Å²) in [5.74, 6) is 0.809. The van der Waals surface area contributed by atoms with Crippen LogP contribution in [0.15, 0.2) is 24.3 Å². The van der Waals surface area contributed by atoms with Gasteiger partial charge in [0.25, 0.3) is 5.91 Å². The van der Waals surface area contributed by atoms with Gasteiger partial charge < -0.3 is 15.1 Å². The highest BCUT2D eigenvalue weighted by Gasteiger charge is 2.28. The van der Waals surface area contributed by atoms with Gasteiger partial charge in [-0.05, 0) is 19.1 Å². The number of para-hydroxylation sites is 1. The Bertz CT molecular complexity index is 727. The van der Waals surface area contributed by atoms with Crippen molar-refractivity contribution in [2.24, 2.45) is 0 Å². The average Bonchev–Trinajstić information content (AvgIpc) is 3.13. The molecular formula is C21H32N4OS+2. The summed E-state index contributed by atoms with van der Waals surface area (Å²) >= 11 is 1.84. The molecule has 3 heterocycles. The standard InChI is InChI=1S/C21H30N4OS/c1-2-24-13-9-17(10-14-24)22-20(26)15-25-11-7-16(8-12-25)21-23-18-5-3-4-6-19(18)27-21/h3-6,16-17H,2,7-15H2,1H3,(H,22,26)/p+2. The van der Waals surface area contributed by atoms with E-state index >= 15 is 0 Å². The molecule has 0 saturated carbocycles. The van der Waals surface area contributed by atoms with Crippen LogP contribution in [-0.2, 0) is 4.79 Å². The normalized spacial score (nSPS) is 28.9. The SMILES string of the molecule is CC[NH+]1CCC(NC(=O)C[NH+]2CCC(c3nc4ccccc4s3)CC2)CC1. The van der Waals surface area contributed by atoms with Gasteiger partial charge in [0.2, 0.25) is 0 Å². The summed E-state index contributed by atoms with van der Waals surface area (Å²) in [7, 11) is 0. The first-order chi connectivity index (χ1) is 13.2. The van der Waals surface area contributed by atoms with Gasteiger partial charge in [-0.1, -0.05) is 12.1 Å². The average molecular weight is 389 g/mol. The van der Waals surface area contributed by atoms with Crippen LogP contribution in [0, 0.1) is 0 Å². The molecule has 0 aliphatic carbocycles. The monoisotopic (exact) mass is 388 g/mol. The van der Waals surface area contributed by atoms with Gasteiger partial charge in [-0.25, -0.2) is 4.98 Å². The maximum Gasteiger partial charge on any atom is 0.275 e. The zero-order valence-electron chi connectivity index (χ0n) is 16.3. The molecule has 0 spiro atoms. The third kappa shape index (κ3) is 4.68. The second-order valence-corrected chi connectivity index (χ2v) is 9.23. The van der Waals surface area contributed by atoms with Crippen molar-refractivity contribution in [2.45, 2.75) is 44.6 Å². The Morgan fingerprint density at radius 1 is 1.11 bits per heavy atom. The number of benzene rings is 1. The zero-order valence-corrected chi connectivity index (χ0v) is 17.1. The first-order valence-corrected chi connectivity index (χ1v) is 11.3. The fourth-order valence-corrected chi connectivity index (χ4v) is 5.68. The van der Waals surface area contributed by atoms with Crippen molar-refractivity contribution in [3.63, 3.8) is 0 Å². The summed E-state index contributed by atoms with van der Waals surface area (Å²) < 4.78 is 1.29. The van der Waals surface area contributed by atoms with Crippen molar-refractivity contribution < 1.29 is 14.6 Å². The highest BCUT2D eigenvalue weighted by atomic mass is 32.1. The van der Waals surface area contributed by atoms with Crippen LogP contribution in [0.4, 0.5) is 0 Å². The van der Waals surface area contributed by atoms with E-state index in [4.69, 9.17) is 4.98 Å². The van der Waals surface area contributed by atoms with E-state index in [1.807, 2.05) is 11.3 Å². The molecule has 6 heteroatoms. The van der Waals surface area contributed by atoms with E-state index in [2.05, 4.69) is 36.5 Å². The van der Waals surface area contributed by atoms with Crippen molar-refractivity contribution in [2.75, 3.05) is 39.3 Å². The van der Waals surface area contributed by atoms with E-state index in [1.165, 1.54) is 34.2 Å². The third-order valence-electron chi connectivity index (χ3n) is 6.32. The lowest BCUT2D eigenvalue weighted by Gasteiger charge is -2.30. The number of amides is 1. The Kier molecular flexibility index (Phi) is 6.05. The molecule has 1 amide bonds. The Morgan fingerprint density at radius 2 is 1.81 bits per heavy atom. The second kappa shape index (κ2) is 8.67. The Hall–Kier alpha value is -1.50. The van der Waals surface area contributed by atoms with Crippen LogP contribution < -0.4 is 15.1 Å². The van der Waals surface area contributed by atoms with Crippen LogP contribution in [0.5, 0.6) is 0 Å². The molecule has 2 aliphatic heterocycles. The highest BCUT2D eigenvalue weighted by molar-refractivity contribution is 7.18.